The van der Waals surface area contributed by atoms with E-state index in [1.807, 2.05) is 0 Å². The van der Waals surface area contributed by atoms with Gasteiger partial charge in [-0.25, -0.2) is 13.2 Å². The highest BCUT2D eigenvalue weighted by Crippen LogP contribution is 2.18. The van der Waals surface area contributed by atoms with Crippen molar-refractivity contribution in [2.75, 3.05) is 26.3 Å². The van der Waals surface area contributed by atoms with Crippen molar-refractivity contribution in [3.8, 4) is 0 Å². The summed E-state index contributed by atoms with van der Waals surface area (Å²) in [6, 6.07) is 11.9. The molecule has 9 nitrogen and oxygen atoms in total. The summed E-state index contributed by atoms with van der Waals surface area (Å²) in [4.78, 5) is 22.2. The van der Waals surface area contributed by atoms with Crippen LogP contribution in [0.1, 0.15) is 11.1 Å². The van der Waals surface area contributed by atoms with E-state index >= 15 is 0 Å². The number of rotatable bonds is 7. The molecule has 0 atom stereocenters. The summed E-state index contributed by atoms with van der Waals surface area (Å²) in [6.45, 7) is 1.39. The van der Waals surface area contributed by atoms with Crippen molar-refractivity contribution >= 4 is 27.8 Å². The van der Waals surface area contributed by atoms with Crippen molar-refractivity contribution < 1.29 is 27.6 Å². The molecule has 1 aliphatic heterocycles. The molecule has 1 saturated heterocycles. The minimum absolute atomic E-state index is 0.0160. The van der Waals surface area contributed by atoms with Gasteiger partial charge in [0.05, 0.1) is 23.0 Å². The summed E-state index contributed by atoms with van der Waals surface area (Å²) in [5.41, 5.74) is 1.23. The Labute approximate surface area is 173 Å². The van der Waals surface area contributed by atoms with E-state index in [0.717, 1.165) is 0 Å². The lowest BCUT2D eigenvalue weighted by molar-refractivity contribution is -0.384. The molecule has 0 unspecified atom stereocenters. The number of sulfonamides is 1. The number of morpholine rings is 1. The van der Waals surface area contributed by atoms with Gasteiger partial charge in [0.25, 0.3) is 5.69 Å². The number of non-ortho nitro benzene ring substituents is 1. The molecule has 0 bridgehead atoms. The van der Waals surface area contributed by atoms with Crippen LogP contribution in [-0.4, -0.2) is 49.9 Å². The van der Waals surface area contributed by atoms with Gasteiger partial charge < -0.3 is 9.47 Å². The average molecular weight is 432 g/mol. The maximum Gasteiger partial charge on any atom is 0.331 e. The van der Waals surface area contributed by atoms with E-state index in [1.54, 1.807) is 12.1 Å². The maximum absolute atomic E-state index is 12.6. The molecular weight excluding hydrogens is 412 g/mol. The first-order valence-corrected chi connectivity index (χ1v) is 10.6. The van der Waals surface area contributed by atoms with Gasteiger partial charge in [-0.05, 0) is 41.5 Å². The maximum atomic E-state index is 12.6. The Hall–Kier alpha value is -3.08. The van der Waals surface area contributed by atoms with E-state index in [1.165, 1.54) is 52.9 Å². The van der Waals surface area contributed by atoms with Crippen LogP contribution in [0.15, 0.2) is 59.5 Å². The zero-order chi connectivity index (χ0) is 21.6. The summed E-state index contributed by atoms with van der Waals surface area (Å²) < 4.78 is 36.8. The molecular formula is C20H20N2O7S. The topological polar surface area (TPSA) is 116 Å². The minimum Gasteiger partial charge on any atom is -0.458 e. The summed E-state index contributed by atoms with van der Waals surface area (Å²) in [5, 5.41) is 10.6. The molecule has 0 spiro atoms. The van der Waals surface area contributed by atoms with Crippen LogP contribution in [0.25, 0.3) is 6.08 Å². The first kappa shape index (κ1) is 21.6. The standard InChI is InChI=1S/C20H20N2O7S/c23-20(29-15-17-1-6-18(7-2-17)22(24)25)10-5-16-3-8-19(9-4-16)30(26,27)21-11-13-28-14-12-21/h1-10H,11-15H2. The number of carbonyl (C=O) groups excluding carboxylic acids is 1. The van der Waals surface area contributed by atoms with E-state index < -0.39 is 20.9 Å². The third kappa shape index (κ3) is 5.50. The molecule has 1 heterocycles. The second-order valence-corrected chi connectivity index (χ2v) is 8.39. The van der Waals surface area contributed by atoms with Gasteiger partial charge in [0.2, 0.25) is 10.0 Å². The zero-order valence-electron chi connectivity index (χ0n) is 16.0. The monoisotopic (exact) mass is 432 g/mol. The fourth-order valence-corrected chi connectivity index (χ4v) is 4.18. The number of nitrogens with zero attached hydrogens (tertiary/aromatic N) is 2. The fraction of sp³-hybridized carbons (Fsp3) is 0.250. The fourth-order valence-electron chi connectivity index (χ4n) is 2.77. The number of benzene rings is 2. The Bertz CT molecular complexity index is 1030. The average Bonchev–Trinajstić information content (AvgIpc) is 2.77. The predicted octanol–water partition coefficient (Wildman–Crippen LogP) is 2.37. The molecule has 0 saturated carbocycles. The molecule has 0 amide bonds. The Morgan fingerprint density at radius 3 is 2.33 bits per heavy atom. The number of esters is 1. The number of carbonyl (C=O) groups is 1. The molecule has 1 fully saturated rings. The Balaban J connectivity index is 1.55. The van der Waals surface area contributed by atoms with E-state index in [9.17, 15) is 23.3 Å². The van der Waals surface area contributed by atoms with Crippen LogP contribution in [-0.2, 0) is 30.9 Å². The predicted molar refractivity (Wildman–Crippen MR) is 108 cm³/mol. The molecule has 2 aromatic rings. The van der Waals surface area contributed by atoms with Crippen LogP contribution >= 0.6 is 0 Å². The lowest BCUT2D eigenvalue weighted by Crippen LogP contribution is -2.40. The second kappa shape index (κ2) is 9.61. The van der Waals surface area contributed by atoms with Crippen LogP contribution in [0.2, 0.25) is 0 Å². The summed E-state index contributed by atoms with van der Waals surface area (Å²) in [7, 11) is -3.56. The number of nitro benzene ring substituents is 1. The minimum atomic E-state index is -3.56. The molecule has 0 N–H and O–H groups in total. The zero-order valence-corrected chi connectivity index (χ0v) is 16.8. The van der Waals surface area contributed by atoms with E-state index in [0.29, 0.717) is 37.4 Å². The Morgan fingerprint density at radius 2 is 1.73 bits per heavy atom. The molecule has 30 heavy (non-hydrogen) atoms. The van der Waals surface area contributed by atoms with Crippen molar-refractivity contribution in [1.82, 2.24) is 4.31 Å². The van der Waals surface area contributed by atoms with Crippen LogP contribution < -0.4 is 0 Å². The second-order valence-electron chi connectivity index (χ2n) is 6.45. The van der Waals surface area contributed by atoms with Gasteiger partial charge in [-0.2, -0.15) is 4.31 Å². The summed E-state index contributed by atoms with van der Waals surface area (Å²) in [6.07, 6.45) is 2.75. The van der Waals surface area contributed by atoms with E-state index in [4.69, 9.17) is 9.47 Å². The van der Waals surface area contributed by atoms with Crippen LogP contribution in [0.5, 0.6) is 0 Å². The van der Waals surface area contributed by atoms with Crippen molar-refractivity contribution in [2.24, 2.45) is 0 Å². The van der Waals surface area contributed by atoms with Gasteiger partial charge in [0.1, 0.15) is 6.61 Å². The first-order valence-electron chi connectivity index (χ1n) is 9.12. The van der Waals surface area contributed by atoms with Crippen LogP contribution in [0.3, 0.4) is 0 Å². The van der Waals surface area contributed by atoms with Gasteiger partial charge >= 0.3 is 5.97 Å². The molecule has 0 radical (unpaired) electrons. The van der Waals surface area contributed by atoms with Gasteiger partial charge in [0, 0.05) is 31.3 Å². The molecule has 3 rings (SSSR count). The molecule has 0 aliphatic carbocycles. The summed E-state index contributed by atoms with van der Waals surface area (Å²) in [5.74, 6) is -0.585. The Kier molecular flexibility index (Phi) is 6.93. The van der Waals surface area contributed by atoms with E-state index in [2.05, 4.69) is 0 Å². The highest BCUT2D eigenvalue weighted by molar-refractivity contribution is 7.89. The Morgan fingerprint density at radius 1 is 1.10 bits per heavy atom. The normalized spacial score (nSPS) is 15.2. The van der Waals surface area contributed by atoms with Gasteiger partial charge in [0.15, 0.2) is 0 Å². The van der Waals surface area contributed by atoms with Gasteiger partial charge in [-0.3, -0.25) is 10.1 Å². The van der Waals surface area contributed by atoms with E-state index in [-0.39, 0.29) is 17.2 Å². The summed E-state index contributed by atoms with van der Waals surface area (Å²) >= 11 is 0. The number of nitro groups is 1. The SMILES string of the molecule is O=C(C=Cc1ccc(S(=O)(=O)N2CCOCC2)cc1)OCc1ccc([N+](=O)[O-])cc1. The first-order chi connectivity index (χ1) is 14.4. The molecule has 0 aromatic heterocycles. The third-order valence-electron chi connectivity index (χ3n) is 4.43. The lowest BCUT2D eigenvalue weighted by atomic mass is 10.2. The van der Waals surface area contributed by atoms with Crippen molar-refractivity contribution in [3.63, 3.8) is 0 Å². The molecule has 158 valence electrons. The number of hydrogen-bond donors (Lipinski definition) is 0. The van der Waals surface area contributed by atoms with Gasteiger partial charge in [-0.15, -0.1) is 0 Å². The van der Waals surface area contributed by atoms with Crippen molar-refractivity contribution in [2.45, 2.75) is 11.5 Å². The van der Waals surface area contributed by atoms with Gasteiger partial charge in [-0.1, -0.05) is 12.1 Å². The van der Waals surface area contributed by atoms with Crippen molar-refractivity contribution in [1.29, 1.82) is 0 Å². The largest absolute Gasteiger partial charge is 0.458 e. The molecule has 1 aliphatic rings. The van der Waals surface area contributed by atoms with Crippen LogP contribution in [0, 0.1) is 10.1 Å². The number of ether oxygens (including phenoxy) is 2. The van der Waals surface area contributed by atoms with Crippen molar-refractivity contribution in [3.05, 3.63) is 75.8 Å². The smallest absolute Gasteiger partial charge is 0.331 e. The third-order valence-corrected chi connectivity index (χ3v) is 6.34. The highest BCUT2D eigenvalue weighted by atomic mass is 32.2. The van der Waals surface area contributed by atoms with Crippen LogP contribution in [0.4, 0.5) is 5.69 Å². The lowest BCUT2D eigenvalue weighted by Gasteiger charge is -2.26. The molecule has 10 heteroatoms. The highest BCUT2D eigenvalue weighted by Gasteiger charge is 2.25. The quantitative estimate of drug-likeness (QED) is 0.285. The number of hydrogen-bond acceptors (Lipinski definition) is 7. The molecule has 2 aromatic carbocycles.